The van der Waals surface area contributed by atoms with Crippen molar-refractivity contribution in [2.75, 3.05) is 0 Å². The van der Waals surface area contributed by atoms with E-state index in [1.165, 1.54) is 0 Å². The van der Waals surface area contributed by atoms with Crippen LogP contribution >= 0.6 is 15.9 Å². The van der Waals surface area contributed by atoms with E-state index in [9.17, 15) is 0 Å². The van der Waals surface area contributed by atoms with E-state index in [0.717, 1.165) is 22.2 Å². The number of halogens is 1. The summed E-state index contributed by atoms with van der Waals surface area (Å²) < 4.78 is 6.72. The van der Waals surface area contributed by atoms with Crippen LogP contribution in [-0.4, -0.2) is 6.10 Å². The van der Waals surface area contributed by atoms with Crippen LogP contribution in [0.15, 0.2) is 22.7 Å². The minimum absolute atomic E-state index is 0.252. The summed E-state index contributed by atoms with van der Waals surface area (Å²) in [6.07, 6.45) is 1.26. The van der Waals surface area contributed by atoms with E-state index in [1.807, 2.05) is 18.2 Å². The zero-order valence-corrected chi connectivity index (χ0v) is 10.2. The van der Waals surface area contributed by atoms with Gasteiger partial charge in [0.05, 0.1) is 6.10 Å². The van der Waals surface area contributed by atoms with Crippen molar-refractivity contribution in [1.29, 1.82) is 0 Å². The van der Waals surface area contributed by atoms with Crippen molar-refractivity contribution in [1.82, 2.24) is 0 Å². The van der Waals surface area contributed by atoms with Crippen LogP contribution in [-0.2, 0) is 6.54 Å². The van der Waals surface area contributed by atoms with Crippen LogP contribution in [0.2, 0.25) is 0 Å². The van der Waals surface area contributed by atoms with Gasteiger partial charge < -0.3 is 10.5 Å². The average Bonchev–Trinajstić information content (AvgIpc) is 2.20. The van der Waals surface area contributed by atoms with Crippen molar-refractivity contribution in [3.05, 3.63) is 28.2 Å². The quantitative estimate of drug-likeness (QED) is 0.900. The van der Waals surface area contributed by atoms with Gasteiger partial charge in [-0.1, -0.05) is 22.9 Å². The summed E-state index contributed by atoms with van der Waals surface area (Å²) in [7, 11) is 0. The van der Waals surface area contributed by atoms with E-state index in [4.69, 9.17) is 10.5 Å². The summed E-state index contributed by atoms with van der Waals surface area (Å²) in [6, 6.07) is 5.91. The maximum absolute atomic E-state index is 5.68. The Kier molecular flexibility index (Phi) is 4.42. The van der Waals surface area contributed by atoms with E-state index in [1.54, 1.807) is 0 Å². The third-order valence-corrected chi connectivity index (χ3v) is 2.92. The molecule has 1 unspecified atom stereocenters. The molecule has 3 heteroatoms. The summed E-state index contributed by atoms with van der Waals surface area (Å²) in [4.78, 5) is 0. The molecule has 2 N–H and O–H groups in total. The molecule has 0 saturated carbocycles. The minimum atomic E-state index is 0.252. The summed E-state index contributed by atoms with van der Waals surface area (Å²) in [5.74, 6) is 0.892. The highest BCUT2D eigenvalue weighted by atomic mass is 79.9. The van der Waals surface area contributed by atoms with Gasteiger partial charge in [0.1, 0.15) is 5.75 Å². The second-order valence-electron chi connectivity index (χ2n) is 3.29. The first-order valence-electron chi connectivity index (χ1n) is 4.82. The molecule has 78 valence electrons. The Bertz CT molecular complexity index is 301. The molecule has 0 aliphatic heterocycles. The molecule has 0 radical (unpaired) electrons. The lowest BCUT2D eigenvalue weighted by molar-refractivity contribution is 0.217. The lowest BCUT2D eigenvalue weighted by Crippen LogP contribution is -2.10. The van der Waals surface area contributed by atoms with Crippen LogP contribution in [0.25, 0.3) is 0 Å². The van der Waals surface area contributed by atoms with Gasteiger partial charge in [-0.3, -0.25) is 0 Å². The van der Waals surface area contributed by atoms with Gasteiger partial charge in [-0.25, -0.2) is 0 Å². The maximum atomic E-state index is 5.68. The fourth-order valence-corrected chi connectivity index (χ4v) is 1.50. The van der Waals surface area contributed by atoms with Crippen molar-refractivity contribution >= 4 is 15.9 Å². The Balaban J connectivity index is 2.79. The van der Waals surface area contributed by atoms with Gasteiger partial charge in [-0.2, -0.15) is 0 Å². The standard InChI is InChI=1S/C11H16BrNO/c1-3-8(2)14-10-4-5-11(12)9(6-10)7-13/h4-6,8H,3,7,13H2,1-2H3. The van der Waals surface area contributed by atoms with Gasteiger partial charge in [-0.15, -0.1) is 0 Å². The Morgan fingerprint density at radius 3 is 2.79 bits per heavy atom. The number of ether oxygens (including phenoxy) is 1. The summed E-state index contributed by atoms with van der Waals surface area (Å²) in [6.45, 7) is 4.69. The van der Waals surface area contributed by atoms with Crippen LogP contribution in [0.4, 0.5) is 0 Å². The number of rotatable bonds is 4. The molecule has 1 atom stereocenters. The third kappa shape index (κ3) is 3.00. The SMILES string of the molecule is CCC(C)Oc1ccc(Br)c(CN)c1. The molecule has 14 heavy (non-hydrogen) atoms. The smallest absolute Gasteiger partial charge is 0.120 e. The number of benzene rings is 1. The van der Waals surface area contributed by atoms with Crippen molar-refractivity contribution < 1.29 is 4.74 Å². The molecule has 2 nitrogen and oxygen atoms in total. The van der Waals surface area contributed by atoms with E-state index >= 15 is 0 Å². The highest BCUT2D eigenvalue weighted by Crippen LogP contribution is 2.23. The van der Waals surface area contributed by atoms with Crippen LogP contribution in [0.5, 0.6) is 5.75 Å². The molecular weight excluding hydrogens is 242 g/mol. The van der Waals surface area contributed by atoms with Crippen LogP contribution in [0.1, 0.15) is 25.8 Å². The minimum Gasteiger partial charge on any atom is -0.491 e. The lowest BCUT2D eigenvalue weighted by Gasteiger charge is -2.13. The van der Waals surface area contributed by atoms with Gasteiger partial charge in [0.15, 0.2) is 0 Å². The molecule has 0 aliphatic rings. The Hall–Kier alpha value is -0.540. The first-order chi connectivity index (χ1) is 6.67. The molecule has 1 aromatic carbocycles. The van der Waals surface area contributed by atoms with Crippen molar-refractivity contribution in [2.45, 2.75) is 32.9 Å². The molecule has 1 rings (SSSR count). The van der Waals surface area contributed by atoms with E-state index in [0.29, 0.717) is 6.54 Å². The summed E-state index contributed by atoms with van der Waals surface area (Å²) >= 11 is 3.44. The monoisotopic (exact) mass is 257 g/mol. The van der Waals surface area contributed by atoms with Crippen molar-refractivity contribution in [2.24, 2.45) is 5.73 Å². The average molecular weight is 258 g/mol. The largest absolute Gasteiger partial charge is 0.491 e. The second-order valence-corrected chi connectivity index (χ2v) is 4.15. The highest BCUT2D eigenvalue weighted by molar-refractivity contribution is 9.10. The van der Waals surface area contributed by atoms with Gasteiger partial charge in [0.25, 0.3) is 0 Å². The van der Waals surface area contributed by atoms with Gasteiger partial charge >= 0.3 is 0 Å². The highest BCUT2D eigenvalue weighted by Gasteiger charge is 2.03. The van der Waals surface area contributed by atoms with Gasteiger partial charge in [0, 0.05) is 11.0 Å². The second kappa shape index (κ2) is 5.37. The van der Waals surface area contributed by atoms with E-state index < -0.39 is 0 Å². The first kappa shape index (κ1) is 11.5. The van der Waals surface area contributed by atoms with E-state index in [-0.39, 0.29) is 6.10 Å². The fourth-order valence-electron chi connectivity index (χ4n) is 1.10. The maximum Gasteiger partial charge on any atom is 0.120 e. The molecule has 0 saturated heterocycles. The predicted octanol–water partition coefficient (Wildman–Crippen LogP) is 3.09. The zero-order chi connectivity index (χ0) is 10.6. The fraction of sp³-hybridized carbons (Fsp3) is 0.455. The summed E-state index contributed by atoms with van der Waals surface area (Å²) in [5.41, 5.74) is 6.67. The Morgan fingerprint density at radius 1 is 1.50 bits per heavy atom. The molecule has 0 amide bonds. The third-order valence-electron chi connectivity index (χ3n) is 2.15. The molecule has 0 spiro atoms. The van der Waals surface area contributed by atoms with Crippen molar-refractivity contribution in [3.8, 4) is 5.75 Å². The summed E-state index contributed by atoms with van der Waals surface area (Å²) in [5, 5.41) is 0. The predicted molar refractivity (Wildman–Crippen MR) is 62.4 cm³/mol. The van der Waals surface area contributed by atoms with E-state index in [2.05, 4.69) is 29.8 Å². The normalized spacial score (nSPS) is 12.6. The Morgan fingerprint density at radius 2 is 2.21 bits per heavy atom. The van der Waals surface area contributed by atoms with Crippen LogP contribution < -0.4 is 10.5 Å². The zero-order valence-electron chi connectivity index (χ0n) is 8.59. The first-order valence-corrected chi connectivity index (χ1v) is 5.61. The van der Waals surface area contributed by atoms with Crippen LogP contribution in [0.3, 0.4) is 0 Å². The number of hydrogen-bond donors (Lipinski definition) is 1. The molecule has 0 heterocycles. The molecule has 0 aromatic heterocycles. The lowest BCUT2D eigenvalue weighted by atomic mass is 10.2. The molecule has 0 bridgehead atoms. The Labute approximate surface area is 93.6 Å². The molecular formula is C11H16BrNO. The number of nitrogens with two attached hydrogens (primary N) is 1. The van der Waals surface area contributed by atoms with Gasteiger partial charge in [-0.05, 0) is 37.1 Å². The number of hydrogen-bond acceptors (Lipinski definition) is 2. The topological polar surface area (TPSA) is 35.2 Å². The molecule has 1 aromatic rings. The molecule has 0 aliphatic carbocycles. The van der Waals surface area contributed by atoms with Crippen molar-refractivity contribution in [3.63, 3.8) is 0 Å². The van der Waals surface area contributed by atoms with Gasteiger partial charge in [0.2, 0.25) is 0 Å². The van der Waals surface area contributed by atoms with Crippen LogP contribution in [0, 0.1) is 0 Å². The molecule has 0 fully saturated rings.